The largest absolute Gasteiger partial charge is 0.336 e. The van der Waals surface area contributed by atoms with E-state index in [0.29, 0.717) is 0 Å². The van der Waals surface area contributed by atoms with E-state index in [0.717, 1.165) is 5.69 Å². The van der Waals surface area contributed by atoms with Crippen LogP contribution in [0, 0.1) is 0 Å². The SMILES string of the molecule is CNC(c1ccc(-c2ccccc2)cc1)c1cncn1C. The maximum Gasteiger partial charge on any atom is 0.0946 e. The first kappa shape index (κ1) is 13.6. The van der Waals surface area contributed by atoms with E-state index in [1.807, 2.05) is 37.3 Å². The van der Waals surface area contributed by atoms with Gasteiger partial charge in [-0.3, -0.25) is 0 Å². The Kier molecular flexibility index (Phi) is 3.84. The summed E-state index contributed by atoms with van der Waals surface area (Å²) in [4.78, 5) is 4.20. The van der Waals surface area contributed by atoms with Gasteiger partial charge < -0.3 is 9.88 Å². The number of benzene rings is 2. The fraction of sp³-hybridized carbons (Fsp3) is 0.167. The third kappa shape index (κ3) is 2.73. The molecule has 106 valence electrons. The summed E-state index contributed by atoms with van der Waals surface area (Å²) in [5.74, 6) is 0. The van der Waals surface area contributed by atoms with Crippen LogP contribution in [0.4, 0.5) is 0 Å². The van der Waals surface area contributed by atoms with Gasteiger partial charge in [0.25, 0.3) is 0 Å². The van der Waals surface area contributed by atoms with Gasteiger partial charge in [0.2, 0.25) is 0 Å². The monoisotopic (exact) mass is 277 g/mol. The van der Waals surface area contributed by atoms with E-state index in [1.165, 1.54) is 16.7 Å². The van der Waals surface area contributed by atoms with Gasteiger partial charge in [-0.1, -0.05) is 54.6 Å². The number of aromatic nitrogens is 2. The molecule has 0 spiro atoms. The molecule has 3 rings (SSSR count). The molecule has 0 amide bonds. The van der Waals surface area contributed by atoms with E-state index in [9.17, 15) is 0 Å². The van der Waals surface area contributed by atoms with Crippen LogP contribution in [-0.4, -0.2) is 16.6 Å². The van der Waals surface area contributed by atoms with Crippen LogP contribution in [0.25, 0.3) is 11.1 Å². The van der Waals surface area contributed by atoms with Gasteiger partial charge in [0.1, 0.15) is 0 Å². The maximum atomic E-state index is 4.20. The lowest BCUT2D eigenvalue weighted by molar-refractivity contribution is 0.638. The van der Waals surface area contributed by atoms with Crippen LogP contribution < -0.4 is 5.32 Å². The normalized spacial score (nSPS) is 12.3. The second-order valence-corrected chi connectivity index (χ2v) is 5.14. The van der Waals surface area contributed by atoms with Gasteiger partial charge in [-0.25, -0.2) is 4.98 Å². The third-order valence-corrected chi connectivity index (χ3v) is 3.79. The minimum Gasteiger partial charge on any atom is -0.336 e. The van der Waals surface area contributed by atoms with Crippen LogP contribution in [0.15, 0.2) is 67.1 Å². The lowest BCUT2D eigenvalue weighted by atomic mass is 9.99. The molecule has 1 N–H and O–H groups in total. The molecule has 0 aliphatic heterocycles. The number of rotatable bonds is 4. The molecule has 0 radical (unpaired) electrons. The molecule has 0 saturated heterocycles. The van der Waals surface area contributed by atoms with Crippen molar-refractivity contribution >= 4 is 0 Å². The van der Waals surface area contributed by atoms with Crippen molar-refractivity contribution in [2.24, 2.45) is 7.05 Å². The van der Waals surface area contributed by atoms with E-state index >= 15 is 0 Å². The van der Waals surface area contributed by atoms with Crippen molar-refractivity contribution in [1.82, 2.24) is 14.9 Å². The Morgan fingerprint density at radius 2 is 1.62 bits per heavy atom. The summed E-state index contributed by atoms with van der Waals surface area (Å²) in [5.41, 5.74) is 4.87. The molecule has 0 saturated carbocycles. The van der Waals surface area contributed by atoms with E-state index in [2.05, 4.69) is 58.8 Å². The third-order valence-electron chi connectivity index (χ3n) is 3.79. The second-order valence-electron chi connectivity index (χ2n) is 5.14. The number of nitrogens with zero attached hydrogens (tertiary/aromatic N) is 2. The highest BCUT2D eigenvalue weighted by molar-refractivity contribution is 5.63. The summed E-state index contributed by atoms with van der Waals surface area (Å²) >= 11 is 0. The van der Waals surface area contributed by atoms with Crippen LogP contribution in [0.1, 0.15) is 17.3 Å². The Hall–Kier alpha value is -2.39. The van der Waals surface area contributed by atoms with E-state index in [4.69, 9.17) is 0 Å². The van der Waals surface area contributed by atoms with E-state index in [1.54, 1.807) is 0 Å². The van der Waals surface area contributed by atoms with E-state index in [-0.39, 0.29) is 6.04 Å². The Morgan fingerprint density at radius 3 is 2.19 bits per heavy atom. The quantitative estimate of drug-likeness (QED) is 0.792. The molecule has 0 bridgehead atoms. The number of hydrogen-bond acceptors (Lipinski definition) is 2. The van der Waals surface area contributed by atoms with Crippen molar-refractivity contribution in [2.45, 2.75) is 6.04 Å². The van der Waals surface area contributed by atoms with Crippen molar-refractivity contribution in [3.05, 3.63) is 78.4 Å². The van der Waals surface area contributed by atoms with Gasteiger partial charge >= 0.3 is 0 Å². The molecule has 1 unspecified atom stereocenters. The van der Waals surface area contributed by atoms with Crippen LogP contribution in [0.5, 0.6) is 0 Å². The summed E-state index contributed by atoms with van der Waals surface area (Å²) in [6, 6.07) is 19.3. The van der Waals surface area contributed by atoms with Gasteiger partial charge in [0, 0.05) is 7.05 Å². The van der Waals surface area contributed by atoms with Crippen molar-refractivity contribution in [3.8, 4) is 11.1 Å². The van der Waals surface area contributed by atoms with Crippen LogP contribution in [0.2, 0.25) is 0 Å². The number of nitrogens with one attached hydrogen (secondary N) is 1. The van der Waals surface area contributed by atoms with Crippen molar-refractivity contribution in [1.29, 1.82) is 0 Å². The molecule has 1 aromatic heterocycles. The van der Waals surface area contributed by atoms with Gasteiger partial charge in [0.15, 0.2) is 0 Å². The van der Waals surface area contributed by atoms with Crippen LogP contribution >= 0.6 is 0 Å². The molecule has 0 aliphatic carbocycles. The molecule has 21 heavy (non-hydrogen) atoms. The minimum atomic E-state index is 0.155. The van der Waals surface area contributed by atoms with Crippen LogP contribution in [0.3, 0.4) is 0 Å². The second kappa shape index (κ2) is 5.94. The maximum absolute atomic E-state index is 4.20. The first-order chi connectivity index (χ1) is 10.3. The fourth-order valence-corrected chi connectivity index (χ4v) is 2.63. The molecular formula is C18H19N3. The average Bonchev–Trinajstić information content (AvgIpc) is 2.96. The van der Waals surface area contributed by atoms with E-state index < -0.39 is 0 Å². The average molecular weight is 277 g/mol. The zero-order chi connectivity index (χ0) is 14.7. The van der Waals surface area contributed by atoms with Gasteiger partial charge in [0.05, 0.1) is 24.3 Å². The Morgan fingerprint density at radius 1 is 0.952 bits per heavy atom. The molecular weight excluding hydrogens is 258 g/mol. The predicted molar refractivity (Wildman–Crippen MR) is 86.0 cm³/mol. The topological polar surface area (TPSA) is 29.9 Å². The Labute approximate surface area is 125 Å². The molecule has 0 aliphatic rings. The predicted octanol–water partition coefficient (Wildman–Crippen LogP) is 3.40. The Bertz CT molecular complexity index is 699. The molecule has 1 atom stereocenters. The highest BCUT2D eigenvalue weighted by Crippen LogP contribution is 2.25. The number of imidazole rings is 1. The first-order valence-corrected chi connectivity index (χ1v) is 7.08. The molecule has 3 nitrogen and oxygen atoms in total. The molecule has 3 heteroatoms. The van der Waals surface area contributed by atoms with Gasteiger partial charge in [-0.15, -0.1) is 0 Å². The fourth-order valence-electron chi connectivity index (χ4n) is 2.63. The van der Waals surface area contributed by atoms with Crippen molar-refractivity contribution < 1.29 is 0 Å². The molecule has 3 aromatic rings. The Balaban J connectivity index is 1.91. The lowest BCUT2D eigenvalue weighted by Crippen LogP contribution is -2.20. The number of aryl methyl sites for hydroxylation is 1. The smallest absolute Gasteiger partial charge is 0.0946 e. The van der Waals surface area contributed by atoms with Crippen molar-refractivity contribution in [2.75, 3.05) is 7.05 Å². The zero-order valence-corrected chi connectivity index (χ0v) is 12.3. The molecule has 1 heterocycles. The standard InChI is InChI=1S/C18H19N3/c1-19-18(17-12-20-13-21(17)2)16-10-8-15(9-11-16)14-6-4-3-5-7-14/h3-13,18-19H,1-2H3. The lowest BCUT2D eigenvalue weighted by Gasteiger charge is -2.17. The molecule has 0 fully saturated rings. The summed E-state index contributed by atoms with van der Waals surface area (Å²) in [7, 11) is 3.99. The van der Waals surface area contributed by atoms with Gasteiger partial charge in [-0.05, 0) is 23.7 Å². The zero-order valence-electron chi connectivity index (χ0n) is 12.3. The summed E-state index contributed by atoms with van der Waals surface area (Å²) in [6.45, 7) is 0. The highest BCUT2D eigenvalue weighted by atomic mass is 15.1. The number of hydrogen-bond donors (Lipinski definition) is 1. The summed E-state index contributed by atoms with van der Waals surface area (Å²) in [5, 5.41) is 3.36. The van der Waals surface area contributed by atoms with Crippen LogP contribution in [-0.2, 0) is 7.05 Å². The minimum absolute atomic E-state index is 0.155. The molecule has 2 aromatic carbocycles. The first-order valence-electron chi connectivity index (χ1n) is 7.08. The van der Waals surface area contributed by atoms with Gasteiger partial charge in [-0.2, -0.15) is 0 Å². The highest BCUT2D eigenvalue weighted by Gasteiger charge is 2.15. The summed E-state index contributed by atoms with van der Waals surface area (Å²) < 4.78 is 2.05. The summed E-state index contributed by atoms with van der Waals surface area (Å²) in [6.07, 6.45) is 3.74. The van der Waals surface area contributed by atoms with Crippen molar-refractivity contribution in [3.63, 3.8) is 0 Å².